The topological polar surface area (TPSA) is 9.23 Å². The van der Waals surface area contributed by atoms with Gasteiger partial charge in [0.25, 0.3) is 0 Å². The molecule has 0 N–H and O–H groups in total. The van der Waals surface area contributed by atoms with E-state index in [-0.39, 0.29) is 0 Å². The Morgan fingerprint density at radius 3 is 2.33 bits per heavy atom. The molecule has 0 bridgehead atoms. The maximum atomic E-state index is 4.93. The molecule has 0 aliphatic carbocycles. The summed E-state index contributed by atoms with van der Waals surface area (Å²) in [5, 5.41) is 0. The van der Waals surface area contributed by atoms with E-state index in [4.69, 9.17) is 4.74 Å². The Morgan fingerprint density at radius 2 is 1.89 bits per heavy atom. The lowest BCUT2D eigenvalue weighted by atomic mass is 10.2. The molecule has 1 heteroatoms. The van der Waals surface area contributed by atoms with E-state index < -0.39 is 0 Å². The predicted octanol–water partition coefficient (Wildman–Crippen LogP) is 2.71. The molecule has 52 valence electrons. The zero-order chi connectivity index (χ0) is 7.11. The summed E-state index contributed by atoms with van der Waals surface area (Å²) in [6.07, 6.45) is 7.20. The van der Waals surface area contributed by atoms with Crippen molar-refractivity contribution in [1.29, 1.82) is 0 Å². The first-order valence-electron chi connectivity index (χ1n) is 3.20. The minimum atomic E-state index is 0.565. The largest absolute Gasteiger partial charge is 0.473 e. The lowest BCUT2D eigenvalue weighted by molar-refractivity contribution is 0.397. The van der Waals surface area contributed by atoms with E-state index in [9.17, 15) is 0 Å². The quantitative estimate of drug-likeness (QED) is 0.528. The lowest BCUT2D eigenvalue weighted by Gasteiger charge is -1.91. The van der Waals surface area contributed by atoms with Crippen molar-refractivity contribution in [1.82, 2.24) is 0 Å². The molecule has 0 fully saturated rings. The van der Waals surface area contributed by atoms with Gasteiger partial charge in [-0.1, -0.05) is 19.9 Å². The van der Waals surface area contributed by atoms with Crippen molar-refractivity contribution in [2.75, 3.05) is 0 Å². The molecule has 0 rings (SSSR count). The SMILES string of the molecule is C/C=C/O/C=C/C(C)C. The van der Waals surface area contributed by atoms with E-state index in [2.05, 4.69) is 13.8 Å². The molecule has 0 spiro atoms. The van der Waals surface area contributed by atoms with Crippen LogP contribution in [0, 0.1) is 5.92 Å². The summed E-state index contributed by atoms with van der Waals surface area (Å²) in [7, 11) is 0. The molecular weight excluding hydrogens is 112 g/mol. The van der Waals surface area contributed by atoms with Crippen molar-refractivity contribution in [3.8, 4) is 0 Å². The van der Waals surface area contributed by atoms with Crippen molar-refractivity contribution >= 4 is 0 Å². The Kier molecular flexibility index (Phi) is 4.98. The fourth-order valence-electron chi connectivity index (χ4n) is 0.326. The van der Waals surface area contributed by atoms with Gasteiger partial charge in [-0.3, -0.25) is 0 Å². The van der Waals surface area contributed by atoms with E-state index >= 15 is 0 Å². The van der Waals surface area contributed by atoms with Crippen LogP contribution < -0.4 is 0 Å². The number of ether oxygens (including phenoxy) is 1. The number of hydrogen-bond donors (Lipinski definition) is 0. The van der Waals surface area contributed by atoms with Gasteiger partial charge in [-0.25, -0.2) is 0 Å². The fraction of sp³-hybridized carbons (Fsp3) is 0.500. The molecule has 0 unspecified atom stereocenters. The van der Waals surface area contributed by atoms with Gasteiger partial charge in [0.2, 0.25) is 0 Å². The molecule has 0 amide bonds. The summed E-state index contributed by atoms with van der Waals surface area (Å²) < 4.78 is 4.93. The first kappa shape index (κ1) is 8.28. The summed E-state index contributed by atoms with van der Waals surface area (Å²) in [4.78, 5) is 0. The molecule has 0 aliphatic heterocycles. The van der Waals surface area contributed by atoms with Crippen LogP contribution in [0.1, 0.15) is 20.8 Å². The Morgan fingerprint density at radius 1 is 1.22 bits per heavy atom. The van der Waals surface area contributed by atoms with Gasteiger partial charge in [0, 0.05) is 0 Å². The van der Waals surface area contributed by atoms with Crippen molar-refractivity contribution in [3.63, 3.8) is 0 Å². The number of rotatable bonds is 3. The standard InChI is InChI=1S/C8H14O/c1-4-6-9-7-5-8(2)3/h4-8H,1-3H3/b6-4+,7-5+. The lowest BCUT2D eigenvalue weighted by Crippen LogP contribution is -1.76. The van der Waals surface area contributed by atoms with Crippen LogP contribution in [0.25, 0.3) is 0 Å². The minimum Gasteiger partial charge on any atom is -0.473 e. The highest BCUT2D eigenvalue weighted by Gasteiger charge is 1.80. The van der Waals surface area contributed by atoms with Gasteiger partial charge in [-0.05, 0) is 18.9 Å². The van der Waals surface area contributed by atoms with E-state index in [1.54, 1.807) is 12.5 Å². The minimum absolute atomic E-state index is 0.565. The summed E-state index contributed by atoms with van der Waals surface area (Å²) in [6.45, 7) is 6.13. The van der Waals surface area contributed by atoms with Crippen LogP contribution in [0.5, 0.6) is 0 Å². The Balaban J connectivity index is 3.25. The van der Waals surface area contributed by atoms with Gasteiger partial charge in [0.15, 0.2) is 0 Å². The number of allylic oxidation sites excluding steroid dienone is 2. The van der Waals surface area contributed by atoms with Crippen molar-refractivity contribution < 1.29 is 4.74 Å². The zero-order valence-corrected chi connectivity index (χ0v) is 6.29. The third kappa shape index (κ3) is 7.28. The fourth-order valence-corrected chi connectivity index (χ4v) is 0.326. The zero-order valence-electron chi connectivity index (χ0n) is 6.29. The first-order valence-corrected chi connectivity index (χ1v) is 3.20. The van der Waals surface area contributed by atoms with E-state index in [0.717, 1.165) is 0 Å². The second kappa shape index (κ2) is 5.42. The molecule has 0 aromatic carbocycles. The Bertz CT molecular complexity index is 101. The van der Waals surface area contributed by atoms with Gasteiger partial charge >= 0.3 is 0 Å². The van der Waals surface area contributed by atoms with Crippen LogP contribution >= 0.6 is 0 Å². The Labute approximate surface area is 57.0 Å². The van der Waals surface area contributed by atoms with Gasteiger partial charge in [0.1, 0.15) is 0 Å². The van der Waals surface area contributed by atoms with Gasteiger partial charge in [-0.15, -0.1) is 0 Å². The van der Waals surface area contributed by atoms with Crippen LogP contribution in [0.2, 0.25) is 0 Å². The summed E-state index contributed by atoms with van der Waals surface area (Å²) in [5.74, 6) is 0.565. The van der Waals surface area contributed by atoms with Crippen molar-refractivity contribution in [3.05, 3.63) is 24.7 Å². The maximum absolute atomic E-state index is 4.93. The molecular formula is C8H14O. The average molecular weight is 126 g/mol. The van der Waals surface area contributed by atoms with E-state index in [0.29, 0.717) is 5.92 Å². The summed E-state index contributed by atoms with van der Waals surface area (Å²) >= 11 is 0. The average Bonchev–Trinajstić information content (AvgIpc) is 1.80. The molecule has 0 atom stereocenters. The summed E-state index contributed by atoms with van der Waals surface area (Å²) in [5.41, 5.74) is 0. The van der Waals surface area contributed by atoms with E-state index in [1.807, 2.05) is 19.1 Å². The molecule has 0 saturated heterocycles. The number of hydrogen-bond acceptors (Lipinski definition) is 1. The maximum Gasteiger partial charge on any atom is 0.0863 e. The highest BCUT2D eigenvalue weighted by molar-refractivity contribution is 4.79. The van der Waals surface area contributed by atoms with Crippen LogP contribution in [0.4, 0.5) is 0 Å². The summed E-state index contributed by atoms with van der Waals surface area (Å²) in [6, 6.07) is 0. The van der Waals surface area contributed by atoms with Crippen LogP contribution in [-0.2, 0) is 4.74 Å². The van der Waals surface area contributed by atoms with Crippen LogP contribution in [-0.4, -0.2) is 0 Å². The monoisotopic (exact) mass is 126 g/mol. The molecule has 0 saturated carbocycles. The van der Waals surface area contributed by atoms with Gasteiger partial charge in [0.05, 0.1) is 12.5 Å². The molecule has 0 aromatic rings. The van der Waals surface area contributed by atoms with Crippen molar-refractivity contribution in [2.24, 2.45) is 5.92 Å². The smallest absolute Gasteiger partial charge is 0.0863 e. The normalized spacial score (nSPS) is 12.0. The molecule has 0 heterocycles. The second-order valence-electron chi connectivity index (χ2n) is 2.18. The highest BCUT2D eigenvalue weighted by atomic mass is 16.5. The first-order chi connectivity index (χ1) is 4.27. The second-order valence-corrected chi connectivity index (χ2v) is 2.18. The molecule has 0 radical (unpaired) electrons. The van der Waals surface area contributed by atoms with Crippen LogP contribution in [0.3, 0.4) is 0 Å². The predicted molar refractivity (Wildman–Crippen MR) is 39.9 cm³/mol. The van der Waals surface area contributed by atoms with Gasteiger partial charge in [-0.2, -0.15) is 0 Å². The van der Waals surface area contributed by atoms with E-state index in [1.165, 1.54) is 0 Å². The molecule has 0 aliphatic rings. The molecule has 9 heavy (non-hydrogen) atoms. The Hall–Kier alpha value is -0.720. The highest BCUT2D eigenvalue weighted by Crippen LogP contribution is 1.93. The third-order valence-electron chi connectivity index (χ3n) is 0.757. The molecule has 1 nitrogen and oxygen atoms in total. The van der Waals surface area contributed by atoms with Crippen LogP contribution in [0.15, 0.2) is 24.7 Å². The van der Waals surface area contributed by atoms with Crippen molar-refractivity contribution in [2.45, 2.75) is 20.8 Å². The molecule has 0 aromatic heterocycles. The van der Waals surface area contributed by atoms with Gasteiger partial charge < -0.3 is 4.74 Å². The third-order valence-corrected chi connectivity index (χ3v) is 0.757.